The van der Waals surface area contributed by atoms with Gasteiger partial charge in [0, 0.05) is 49.0 Å². The van der Waals surface area contributed by atoms with Crippen LogP contribution < -0.4 is 10.6 Å². The minimum atomic E-state index is -1.07. The number of piperazine rings is 1. The van der Waals surface area contributed by atoms with E-state index in [9.17, 15) is 14.7 Å². The van der Waals surface area contributed by atoms with E-state index in [2.05, 4.69) is 27.6 Å². The maximum Gasteiger partial charge on any atom is 0.253 e. The Balaban J connectivity index is 1.27. The normalized spacial score (nSPS) is 21.9. The summed E-state index contributed by atoms with van der Waals surface area (Å²) in [6.07, 6.45) is 5.10. The molecule has 10 heteroatoms. The third-order valence-corrected chi connectivity index (χ3v) is 7.83. The van der Waals surface area contributed by atoms with Crippen LogP contribution in [0.4, 0.5) is 11.6 Å². The van der Waals surface area contributed by atoms with Crippen LogP contribution in [0.15, 0.2) is 36.5 Å². The van der Waals surface area contributed by atoms with Crippen molar-refractivity contribution in [3.8, 4) is 0 Å². The van der Waals surface area contributed by atoms with Gasteiger partial charge in [-0.25, -0.2) is 4.98 Å². The number of anilines is 2. The lowest BCUT2D eigenvalue weighted by Crippen LogP contribution is -2.55. The van der Waals surface area contributed by atoms with Crippen molar-refractivity contribution in [3.63, 3.8) is 0 Å². The molecule has 1 aromatic carbocycles. The van der Waals surface area contributed by atoms with E-state index in [-0.39, 0.29) is 11.8 Å². The van der Waals surface area contributed by atoms with E-state index in [0.717, 1.165) is 69.4 Å². The number of carbonyl (C=O) groups is 2. The first kappa shape index (κ1) is 22.9. The van der Waals surface area contributed by atoms with Crippen molar-refractivity contribution in [2.45, 2.75) is 43.9 Å². The first-order chi connectivity index (χ1) is 17.4. The van der Waals surface area contributed by atoms with Crippen molar-refractivity contribution in [2.24, 2.45) is 0 Å². The number of nitrogens with zero attached hydrogens (tertiary/aromatic N) is 5. The third kappa shape index (κ3) is 3.81. The van der Waals surface area contributed by atoms with Gasteiger partial charge in [0.1, 0.15) is 11.2 Å². The molecule has 10 nitrogen and oxygen atoms in total. The standard InChI is InChI=1S/C26H31N7O3/c1-31-11-13-32(14-12-31)23(35)17-5-7-19(8-6-17)28-25-27-16-18-15-20-22(34)30-24(36)26(9-3-2-4-10-26)33(20)21(18)29-25/h5-8,15-16,22,34H,2-4,9-14H2,1H3,(H,30,36)(H,27,28,29). The molecule has 6 rings (SSSR count). The summed E-state index contributed by atoms with van der Waals surface area (Å²) >= 11 is 0. The van der Waals surface area contributed by atoms with E-state index in [1.807, 2.05) is 39.8 Å². The van der Waals surface area contributed by atoms with Crippen molar-refractivity contribution >= 4 is 34.5 Å². The maximum absolute atomic E-state index is 13.1. The molecule has 1 saturated heterocycles. The highest BCUT2D eigenvalue weighted by atomic mass is 16.3. The number of benzene rings is 1. The van der Waals surface area contributed by atoms with Crippen LogP contribution in [0.25, 0.3) is 11.0 Å². The van der Waals surface area contributed by atoms with Crippen LogP contribution >= 0.6 is 0 Å². The summed E-state index contributed by atoms with van der Waals surface area (Å²) in [6.45, 7) is 3.24. The number of nitrogens with one attached hydrogen (secondary N) is 2. The fraction of sp³-hybridized carbons (Fsp3) is 0.462. The number of carbonyl (C=O) groups excluding carboxylic acids is 2. The number of aromatic nitrogens is 3. The van der Waals surface area contributed by atoms with Crippen molar-refractivity contribution < 1.29 is 14.7 Å². The van der Waals surface area contributed by atoms with Crippen molar-refractivity contribution in [3.05, 3.63) is 47.8 Å². The zero-order valence-corrected chi connectivity index (χ0v) is 20.4. The average molecular weight is 490 g/mol. The van der Waals surface area contributed by atoms with Crippen LogP contribution in [0.1, 0.15) is 54.4 Å². The smallest absolute Gasteiger partial charge is 0.253 e. The number of fused-ring (bicyclic) bond motifs is 4. The van der Waals surface area contributed by atoms with Gasteiger partial charge in [-0.15, -0.1) is 0 Å². The highest BCUT2D eigenvalue weighted by molar-refractivity contribution is 5.95. The van der Waals surface area contributed by atoms with Crippen molar-refractivity contribution in [1.29, 1.82) is 0 Å². The molecule has 3 aromatic rings. The van der Waals surface area contributed by atoms with Crippen LogP contribution in [0.3, 0.4) is 0 Å². The molecule has 2 aliphatic heterocycles. The van der Waals surface area contributed by atoms with E-state index < -0.39 is 11.8 Å². The van der Waals surface area contributed by atoms with E-state index in [1.165, 1.54) is 0 Å². The summed E-state index contributed by atoms with van der Waals surface area (Å²) in [5.41, 5.74) is 1.97. The molecule has 0 radical (unpaired) electrons. The van der Waals surface area contributed by atoms with E-state index in [4.69, 9.17) is 4.98 Å². The minimum Gasteiger partial charge on any atom is -0.368 e. The Labute approximate surface area is 209 Å². The molecule has 2 amide bonds. The van der Waals surface area contributed by atoms with Gasteiger partial charge in [-0.3, -0.25) is 9.59 Å². The van der Waals surface area contributed by atoms with Crippen LogP contribution in [-0.2, 0) is 10.3 Å². The lowest BCUT2D eigenvalue weighted by atomic mass is 9.79. The predicted molar refractivity (Wildman–Crippen MR) is 135 cm³/mol. The molecule has 3 N–H and O–H groups in total. The molecule has 0 bridgehead atoms. The van der Waals surface area contributed by atoms with E-state index in [1.54, 1.807) is 6.20 Å². The second kappa shape index (κ2) is 8.86. The van der Waals surface area contributed by atoms with Gasteiger partial charge in [-0.05, 0) is 50.2 Å². The number of hydrogen-bond acceptors (Lipinski definition) is 7. The van der Waals surface area contributed by atoms with Gasteiger partial charge >= 0.3 is 0 Å². The molecule has 4 heterocycles. The number of aliphatic hydroxyl groups excluding tert-OH is 1. The largest absolute Gasteiger partial charge is 0.368 e. The SMILES string of the molecule is CN1CCN(C(=O)c2ccc(Nc3ncc4cc5n(c4n3)C3(CCCCC3)C(=O)NC5O)cc2)CC1. The van der Waals surface area contributed by atoms with Gasteiger partial charge in [0.2, 0.25) is 11.9 Å². The van der Waals surface area contributed by atoms with Crippen LogP contribution in [0, 0.1) is 0 Å². The summed E-state index contributed by atoms with van der Waals surface area (Å²) in [6, 6.07) is 9.20. The number of aliphatic hydroxyl groups is 1. The number of rotatable bonds is 3. The van der Waals surface area contributed by atoms with Gasteiger partial charge < -0.3 is 30.1 Å². The first-order valence-electron chi connectivity index (χ1n) is 12.7. The van der Waals surface area contributed by atoms with Gasteiger partial charge in [0.15, 0.2) is 6.23 Å². The fourth-order valence-electron chi connectivity index (χ4n) is 5.76. The summed E-state index contributed by atoms with van der Waals surface area (Å²) < 4.78 is 1.94. The van der Waals surface area contributed by atoms with Crippen LogP contribution in [-0.4, -0.2) is 74.5 Å². The highest BCUT2D eigenvalue weighted by Crippen LogP contribution is 2.43. The molecular weight excluding hydrogens is 458 g/mol. The Hall–Kier alpha value is -3.50. The zero-order chi connectivity index (χ0) is 24.9. The number of amides is 2. The molecule has 3 aliphatic rings. The summed E-state index contributed by atoms with van der Waals surface area (Å²) in [5, 5.41) is 17.3. The Kier molecular flexibility index (Phi) is 5.65. The Morgan fingerprint density at radius 2 is 1.83 bits per heavy atom. The predicted octanol–water partition coefficient (Wildman–Crippen LogP) is 2.34. The lowest BCUT2D eigenvalue weighted by molar-refractivity contribution is -0.138. The van der Waals surface area contributed by atoms with Crippen LogP contribution in [0.5, 0.6) is 0 Å². The van der Waals surface area contributed by atoms with Crippen molar-refractivity contribution in [2.75, 3.05) is 38.5 Å². The zero-order valence-electron chi connectivity index (χ0n) is 20.4. The molecule has 2 fully saturated rings. The Bertz CT molecular complexity index is 1310. The van der Waals surface area contributed by atoms with Gasteiger partial charge in [0.25, 0.3) is 5.91 Å². The molecule has 1 unspecified atom stereocenters. The van der Waals surface area contributed by atoms with Gasteiger partial charge in [-0.2, -0.15) is 4.98 Å². The summed E-state index contributed by atoms with van der Waals surface area (Å²) in [7, 11) is 2.07. The molecule has 1 atom stereocenters. The monoisotopic (exact) mass is 489 g/mol. The quantitative estimate of drug-likeness (QED) is 0.517. The molecule has 36 heavy (non-hydrogen) atoms. The molecular formula is C26H31N7O3. The highest BCUT2D eigenvalue weighted by Gasteiger charge is 2.48. The van der Waals surface area contributed by atoms with E-state index >= 15 is 0 Å². The van der Waals surface area contributed by atoms with Crippen LogP contribution in [0.2, 0.25) is 0 Å². The Morgan fingerprint density at radius 3 is 2.56 bits per heavy atom. The number of hydrogen-bond donors (Lipinski definition) is 3. The third-order valence-electron chi connectivity index (χ3n) is 7.83. The summed E-state index contributed by atoms with van der Waals surface area (Å²) in [5.74, 6) is 0.295. The second-order valence-electron chi connectivity index (χ2n) is 10.1. The van der Waals surface area contributed by atoms with Gasteiger partial charge in [-0.1, -0.05) is 19.3 Å². The average Bonchev–Trinajstić information content (AvgIpc) is 3.29. The summed E-state index contributed by atoms with van der Waals surface area (Å²) in [4.78, 5) is 39.3. The van der Waals surface area contributed by atoms with Crippen molar-refractivity contribution in [1.82, 2.24) is 29.7 Å². The first-order valence-corrected chi connectivity index (χ1v) is 12.7. The molecule has 1 spiro atoms. The Morgan fingerprint density at radius 1 is 1.11 bits per heavy atom. The fourth-order valence-corrected chi connectivity index (χ4v) is 5.76. The second-order valence-corrected chi connectivity index (χ2v) is 10.1. The maximum atomic E-state index is 13.1. The molecule has 188 valence electrons. The minimum absolute atomic E-state index is 0.0433. The lowest BCUT2D eigenvalue weighted by Gasteiger charge is -2.43. The number of likely N-dealkylation sites (N-methyl/N-ethyl adjacent to an activating group) is 1. The van der Waals surface area contributed by atoms with Gasteiger partial charge in [0.05, 0.1) is 5.69 Å². The molecule has 1 saturated carbocycles. The molecule has 1 aliphatic carbocycles. The topological polar surface area (TPSA) is 116 Å². The van der Waals surface area contributed by atoms with E-state index in [0.29, 0.717) is 22.9 Å². The molecule has 2 aromatic heterocycles.